The number of hydrogen-bond donors (Lipinski definition) is 1. The molecule has 5 nitrogen and oxygen atoms in total. The number of Topliss-reactive ketones (excluding diaryl/α,β-unsaturated/α-hetero) is 1. The molecular weight excluding hydrogens is 186 g/mol. The van der Waals surface area contributed by atoms with Crippen LogP contribution >= 0.6 is 0 Å². The number of esters is 1. The van der Waals surface area contributed by atoms with Gasteiger partial charge in [0.15, 0.2) is 0 Å². The summed E-state index contributed by atoms with van der Waals surface area (Å²) in [6.07, 6.45) is -1.60. The lowest BCUT2D eigenvalue weighted by atomic mass is 10.1. The Morgan fingerprint density at radius 1 is 1.57 bits per heavy atom. The first-order valence-electron chi connectivity index (χ1n) is 4.32. The molecule has 0 spiro atoms. The smallest absolute Gasteiger partial charge is 0.313 e. The van der Waals surface area contributed by atoms with E-state index in [-0.39, 0.29) is 25.9 Å². The van der Waals surface area contributed by atoms with Gasteiger partial charge in [-0.3, -0.25) is 9.59 Å². The minimum Gasteiger partial charge on any atom is -0.466 e. The molecule has 0 unspecified atom stereocenters. The first kappa shape index (κ1) is 12.6. The van der Waals surface area contributed by atoms with E-state index < -0.39 is 17.9 Å². The third-order valence-electron chi connectivity index (χ3n) is 1.44. The summed E-state index contributed by atoms with van der Waals surface area (Å²) in [6.45, 7) is 1.87. The van der Waals surface area contributed by atoms with Crippen LogP contribution in [-0.2, 0) is 14.3 Å². The molecule has 78 valence electrons. The second-order valence-electron chi connectivity index (χ2n) is 2.74. The molecule has 0 aromatic carbocycles. The molecule has 0 aliphatic rings. The molecule has 1 N–H and O–H groups in total. The number of hydrogen-bond acceptors (Lipinski definition) is 5. The highest BCUT2D eigenvalue weighted by Crippen LogP contribution is 2.01. The van der Waals surface area contributed by atoms with Crippen LogP contribution in [-0.4, -0.2) is 29.6 Å². The van der Waals surface area contributed by atoms with Gasteiger partial charge < -0.3 is 9.84 Å². The van der Waals surface area contributed by atoms with Crippen molar-refractivity contribution in [2.45, 2.75) is 32.3 Å². The molecule has 0 bridgehead atoms. The molecule has 0 aromatic rings. The molecule has 0 aliphatic heterocycles. The monoisotopic (exact) mass is 199 g/mol. The lowest BCUT2D eigenvalue weighted by molar-refractivity contribution is -0.145. The van der Waals surface area contributed by atoms with Crippen molar-refractivity contribution in [2.24, 2.45) is 0 Å². The van der Waals surface area contributed by atoms with Crippen LogP contribution in [0.25, 0.3) is 0 Å². The highest BCUT2D eigenvalue weighted by atomic mass is 16.5. The topological polar surface area (TPSA) is 87.4 Å². The van der Waals surface area contributed by atoms with Crippen molar-refractivity contribution in [3.05, 3.63) is 0 Å². The lowest BCUT2D eigenvalue weighted by Gasteiger charge is -2.04. The fourth-order valence-corrected chi connectivity index (χ4v) is 0.886. The number of carbonyl (C=O) groups excluding carboxylic acids is 2. The van der Waals surface area contributed by atoms with Gasteiger partial charge in [0.05, 0.1) is 25.2 Å². The molecule has 0 fully saturated rings. The maximum atomic E-state index is 11.0. The van der Waals surface area contributed by atoms with Gasteiger partial charge in [0.1, 0.15) is 12.2 Å². The molecule has 0 radical (unpaired) electrons. The Morgan fingerprint density at radius 2 is 2.21 bits per heavy atom. The fraction of sp³-hybridized carbons (Fsp3) is 0.667. The number of aliphatic hydroxyl groups excluding tert-OH is 1. The van der Waals surface area contributed by atoms with E-state index in [1.807, 2.05) is 0 Å². The standard InChI is InChI=1S/C9H13NO4/c1-2-14-9(13)6-8(12)5-7(11)3-4-10/h7,11H,2-3,5-6H2,1H3/t7-/m0/s1. The minimum absolute atomic E-state index is 0.103. The number of carbonyl (C=O) groups is 2. The number of ketones is 1. The van der Waals surface area contributed by atoms with Crippen LogP contribution in [0.4, 0.5) is 0 Å². The zero-order valence-corrected chi connectivity index (χ0v) is 8.02. The second kappa shape index (κ2) is 7.04. The van der Waals surface area contributed by atoms with E-state index in [0.29, 0.717) is 0 Å². The third-order valence-corrected chi connectivity index (χ3v) is 1.44. The Labute approximate surface area is 82.3 Å². The zero-order valence-electron chi connectivity index (χ0n) is 8.02. The molecular formula is C9H13NO4. The van der Waals surface area contributed by atoms with Gasteiger partial charge in [-0.2, -0.15) is 5.26 Å². The summed E-state index contributed by atoms with van der Waals surface area (Å²) in [5.41, 5.74) is 0. The number of nitrogens with zero attached hydrogens (tertiary/aromatic N) is 1. The second-order valence-corrected chi connectivity index (χ2v) is 2.74. The first-order valence-corrected chi connectivity index (χ1v) is 4.32. The van der Waals surface area contributed by atoms with Gasteiger partial charge >= 0.3 is 5.97 Å². The van der Waals surface area contributed by atoms with Crippen molar-refractivity contribution < 1.29 is 19.4 Å². The summed E-state index contributed by atoms with van der Waals surface area (Å²) in [5.74, 6) is -1.01. The summed E-state index contributed by atoms with van der Waals surface area (Å²) in [7, 11) is 0. The van der Waals surface area contributed by atoms with Crippen molar-refractivity contribution in [3.63, 3.8) is 0 Å². The van der Waals surface area contributed by atoms with Crippen LogP contribution in [0.15, 0.2) is 0 Å². The summed E-state index contributed by atoms with van der Waals surface area (Å²) in [6, 6.07) is 1.73. The first-order chi connectivity index (χ1) is 6.60. The van der Waals surface area contributed by atoms with E-state index in [0.717, 1.165) is 0 Å². The minimum atomic E-state index is -0.984. The van der Waals surface area contributed by atoms with E-state index in [9.17, 15) is 9.59 Å². The SMILES string of the molecule is CCOC(=O)CC(=O)C[C@@H](O)CC#N. The average molecular weight is 199 g/mol. The molecule has 0 saturated carbocycles. The van der Waals surface area contributed by atoms with Crippen LogP contribution in [0, 0.1) is 11.3 Å². The van der Waals surface area contributed by atoms with Crippen molar-refractivity contribution in [1.82, 2.24) is 0 Å². The quantitative estimate of drug-likeness (QED) is 0.486. The van der Waals surface area contributed by atoms with Gasteiger partial charge in [-0.25, -0.2) is 0 Å². The van der Waals surface area contributed by atoms with E-state index in [1.165, 1.54) is 0 Å². The summed E-state index contributed by atoms with van der Waals surface area (Å²) >= 11 is 0. The molecule has 0 heterocycles. The van der Waals surface area contributed by atoms with Gasteiger partial charge in [0.25, 0.3) is 0 Å². The Hall–Kier alpha value is -1.41. The highest BCUT2D eigenvalue weighted by Gasteiger charge is 2.14. The van der Waals surface area contributed by atoms with E-state index in [4.69, 9.17) is 10.4 Å². The number of ether oxygens (including phenoxy) is 1. The molecule has 0 aromatic heterocycles. The summed E-state index contributed by atoms with van der Waals surface area (Å²) in [4.78, 5) is 21.8. The van der Waals surface area contributed by atoms with Crippen molar-refractivity contribution in [3.8, 4) is 6.07 Å². The van der Waals surface area contributed by atoms with E-state index in [2.05, 4.69) is 4.74 Å². The van der Waals surface area contributed by atoms with Crippen LogP contribution < -0.4 is 0 Å². The molecule has 0 saturated heterocycles. The molecule has 14 heavy (non-hydrogen) atoms. The fourth-order valence-electron chi connectivity index (χ4n) is 0.886. The zero-order chi connectivity index (χ0) is 11.0. The van der Waals surface area contributed by atoms with Crippen molar-refractivity contribution >= 4 is 11.8 Å². The number of rotatable bonds is 6. The predicted molar refractivity (Wildman–Crippen MR) is 47.1 cm³/mol. The summed E-state index contributed by atoms with van der Waals surface area (Å²) < 4.78 is 4.55. The maximum Gasteiger partial charge on any atom is 0.313 e. The maximum absolute atomic E-state index is 11.0. The van der Waals surface area contributed by atoms with Crippen LogP contribution in [0.2, 0.25) is 0 Å². The van der Waals surface area contributed by atoms with Crippen molar-refractivity contribution in [1.29, 1.82) is 5.26 Å². The Kier molecular flexibility index (Phi) is 6.33. The van der Waals surface area contributed by atoms with Crippen molar-refractivity contribution in [2.75, 3.05) is 6.61 Å². The highest BCUT2D eigenvalue weighted by molar-refractivity contribution is 5.95. The van der Waals surface area contributed by atoms with E-state index in [1.54, 1.807) is 13.0 Å². The van der Waals surface area contributed by atoms with Gasteiger partial charge in [-0.15, -0.1) is 0 Å². The normalized spacial score (nSPS) is 11.5. The predicted octanol–water partition coefficient (Wildman–Crippen LogP) is 0.173. The largest absolute Gasteiger partial charge is 0.466 e. The van der Waals surface area contributed by atoms with Crippen LogP contribution in [0.3, 0.4) is 0 Å². The lowest BCUT2D eigenvalue weighted by Crippen LogP contribution is -2.17. The van der Waals surface area contributed by atoms with Crippen LogP contribution in [0.5, 0.6) is 0 Å². The number of aliphatic hydroxyl groups is 1. The van der Waals surface area contributed by atoms with Gasteiger partial charge in [0.2, 0.25) is 0 Å². The van der Waals surface area contributed by atoms with Gasteiger partial charge in [-0.1, -0.05) is 0 Å². The number of nitriles is 1. The Morgan fingerprint density at radius 3 is 2.71 bits per heavy atom. The molecule has 5 heteroatoms. The van der Waals surface area contributed by atoms with Gasteiger partial charge in [0, 0.05) is 6.42 Å². The van der Waals surface area contributed by atoms with Gasteiger partial charge in [-0.05, 0) is 6.92 Å². The molecule has 0 rings (SSSR count). The Balaban J connectivity index is 3.76. The molecule has 1 atom stereocenters. The average Bonchev–Trinajstić information content (AvgIpc) is 2.03. The summed E-state index contributed by atoms with van der Waals surface area (Å²) in [5, 5.41) is 17.3. The third kappa shape index (κ3) is 6.14. The Bertz CT molecular complexity index is 244. The van der Waals surface area contributed by atoms with Crippen LogP contribution in [0.1, 0.15) is 26.2 Å². The molecule has 0 aliphatic carbocycles. The van der Waals surface area contributed by atoms with E-state index >= 15 is 0 Å². The molecule has 0 amide bonds.